The summed E-state index contributed by atoms with van der Waals surface area (Å²) in [6.45, 7) is 1.51. The zero-order valence-electron chi connectivity index (χ0n) is 9.18. The van der Waals surface area contributed by atoms with Crippen LogP contribution in [0.25, 0.3) is 10.8 Å². The number of fused-ring (bicyclic) bond motifs is 1. The molecule has 0 bridgehead atoms. The molecule has 0 fully saturated rings. The average molecular weight is 295 g/mol. The van der Waals surface area contributed by atoms with Gasteiger partial charge in [0.15, 0.2) is 6.10 Å². The number of hydrogen-bond donors (Lipinski definition) is 1. The number of carboxylic acid groups (broad SMARTS) is 1. The summed E-state index contributed by atoms with van der Waals surface area (Å²) >= 11 is 3.40. The summed E-state index contributed by atoms with van der Waals surface area (Å²) in [6, 6.07) is 11.4. The number of carboxylic acids is 1. The van der Waals surface area contributed by atoms with Crippen molar-refractivity contribution in [2.24, 2.45) is 0 Å². The fourth-order valence-corrected chi connectivity index (χ4v) is 1.95. The van der Waals surface area contributed by atoms with E-state index in [-0.39, 0.29) is 0 Å². The molecule has 2 aromatic carbocycles. The number of aliphatic carboxylic acids is 1. The summed E-state index contributed by atoms with van der Waals surface area (Å²) in [7, 11) is 0. The van der Waals surface area contributed by atoms with Crippen molar-refractivity contribution in [3.8, 4) is 5.75 Å². The van der Waals surface area contributed by atoms with Gasteiger partial charge in [-0.25, -0.2) is 4.79 Å². The monoisotopic (exact) mass is 294 g/mol. The Kier molecular flexibility index (Phi) is 3.33. The van der Waals surface area contributed by atoms with Gasteiger partial charge in [-0.1, -0.05) is 28.1 Å². The smallest absolute Gasteiger partial charge is 0.344 e. The number of rotatable bonds is 3. The molecular weight excluding hydrogens is 284 g/mol. The molecular formula is C13H11BrO3. The van der Waals surface area contributed by atoms with Gasteiger partial charge < -0.3 is 9.84 Å². The first-order chi connectivity index (χ1) is 8.08. The third-order valence-electron chi connectivity index (χ3n) is 2.45. The molecule has 3 nitrogen and oxygen atoms in total. The summed E-state index contributed by atoms with van der Waals surface area (Å²) in [5.41, 5.74) is 0. The second-order valence-electron chi connectivity index (χ2n) is 3.72. The van der Waals surface area contributed by atoms with Crippen LogP contribution < -0.4 is 4.74 Å². The van der Waals surface area contributed by atoms with Crippen LogP contribution in [0, 0.1) is 0 Å². The van der Waals surface area contributed by atoms with Crippen molar-refractivity contribution in [1.29, 1.82) is 0 Å². The van der Waals surface area contributed by atoms with Crippen LogP contribution in [0.15, 0.2) is 40.9 Å². The Morgan fingerprint density at radius 2 is 2.12 bits per heavy atom. The molecule has 2 rings (SSSR count). The summed E-state index contributed by atoms with van der Waals surface area (Å²) in [5, 5.41) is 10.7. The van der Waals surface area contributed by atoms with E-state index in [1.165, 1.54) is 6.92 Å². The molecule has 1 unspecified atom stereocenters. The van der Waals surface area contributed by atoms with E-state index in [0.717, 1.165) is 15.2 Å². The fraction of sp³-hybridized carbons (Fsp3) is 0.154. The van der Waals surface area contributed by atoms with Crippen LogP contribution in [-0.4, -0.2) is 17.2 Å². The van der Waals surface area contributed by atoms with Crippen LogP contribution in [0.4, 0.5) is 0 Å². The molecule has 0 amide bonds. The molecule has 0 aromatic heterocycles. The Hall–Kier alpha value is -1.55. The minimum atomic E-state index is -0.973. The largest absolute Gasteiger partial charge is 0.479 e. The highest BCUT2D eigenvalue weighted by molar-refractivity contribution is 9.10. The average Bonchev–Trinajstić information content (AvgIpc) is 2.28. The van der Waals surface area contributed by atoms with Crippen molar-refractivity contribution in [2.75, 3.05) is 0 Å². The molecule has 0 radical (unpaired) electrons. The van der Waals surface area contributed by atoms with Crippen LogP contribution >= 0.6 is 15.9 Å². The first-order valence-electron chi connectivity index (χ1n) is 5.15. The Morgan fingerprint density at radius 1 is 1.35 bits per heavy atom. The molecule has 2 aromatic rings. The maximum atomic E-state index is 10.8. The topological polar surface area (TPSA) is 46.5 Å². The molecule has 0 aliphatic rings. The molecule has 1 atom stereocenters. The van der Waals surface area contributed by atoms with Crippen molar-refractivity contribution in [2.45, 2.75) is 13.0 Å². The second-order valence-corrected chi connectivity index (χ2v) is 4.64. The maximum absolute atomic E-state index is 10.8. The first kappa shape index (κ1) is 11.9. The van der Waals surface area contributed by atoms with Crippen molar-refractivity contribution in [3.63, 3.8) is 0 Å². The van der Waals surface area contributed by atoms with Gasteiger partial charge >= 0.3 is 5.97 Å². The van der Waals surface area contributed by atoms with Gasteiger partial charge in [0.2, 0.25) is 0 Å². The molecule has 17 heavy (non-hydrogen) atoms. The zero-order chi connectivity index (χ0) is 12.4. The Morgan fingerprint density at radius 3 is 2.82 bits per heavy atom. The fourth-order valence-electron chi connectivity index (χ4n) is 1.57. The minimum absolute atomic E-state index is 0.588. The van der Waals surface area contributed by atoms with E-state index in [2.05, 4.69) is 15.9 Å². The van der Waals surface area contributed by atoms with Gasteiger partial charge in [-0.05, 0) is 36.6 Å². The van der Waals surface area contributed by atoms with E-state index in [0.29, 0.717) is 5.75 Å². The van der Waals surface area contributed by atoms with Crippen LogP contribution in [0.2, 0.25) is 0 Å². The summed E-state index contributed by atoms with van der Waals surface area (Å²) in [4.78, 5) is 10.8. The van der Waals surface area contributed by atoms with E-state index >= 15 is 0 Å². The highest BCUT2D eigenvalue weighted by Gasteiger charge is 2.13. The molecule has 0 saturated carbocycles. The lowest BCUT2D eigenvalue weighted by Crippen LogP contribution is -2.22. The zero-order valence-corrected chi connectivity index (χ0v) is 10.8. The van der Waals surface area contributed by atoms with Crippen LogP contribution in [0.3, 0.4) is 0 Å². The SMILES string of the molecule is CC(Oc1cccc2cc(Br)ccc12)C(=O)O. The van der Waals surface area contributed by atoms with E-state index in [1.807, 2.05) is 30.3 Å². The van der Waals surface area contributed by atoms with E-state index in [9.17, 15) is 4.79 Å². The normalized spacial score (nSPS) is 12.4. The van der Waals surface area contributed by atoms with E-state index < -0.39 is 12.1 Å². The van der Waals surface area contributed by atoms with Gasteiger partial charge in [-0.3, -0.25) is 0 Å². The molecule has 0 aliphatic heterocycles. The van der Waals surface area contributed by atoms with E-state index in [4.69, 9.17) is 9.84 Å². The third kappa shape index (κ3) is 2.58. The predicted molar refractivity (Wildman–Crippen MR) is 69.4 cm³/mol. The highest BCUT2D eigenvalue weighted by Crippen LogP contribution is 2.28. The quantitative estimate of drug-likeness (QED) is 0.943. The summed E-state index contributed by atoms with van der Waals surface area (Å²) in [6.07, 6.45) is -0.857. The van der Waals surface area contributed by atoms with Gasteiger partial charge in [0.25, 0.3) is 0 Å². The molecule has 4 heteroatoms. The number of benzene rings is 2. The highest BCUT2D eigenvalue weighted by atomic mass is 79.9. The van der Waals surface area contributed by atoms with Crippen molar-refractivity contribution < 1.29 is 14.6 Å². The summed E-state index contributed by atoms with van der Waals surface area (Å²) in [5.74, 6) is -0.385. The lowest BCUT2D eigenvalue weighted by atomic mass is 10.1. The van der Waals surface area contributed by atoms with Crippen molar-refractivity contribution >= 4 is 32.7 Å². The summed E-state index contributed by atoms with van der Waals surface area (Å²) < 4.78 is 6.39. The van der Waals surface area contributed by atoms with Crippen LogP contribution in [-0.2, 0) is 4.79 Å². The predicted octanol–water partition coefficient (Wildman–Crippen LogP) is 3.45. The number of carbonyl (C=O) groups is 1. The lowest BCUT2D eigenvalue weighted by Gasteiger charge is -2.12. The Balaban J connectivity index is 2.44. The molecule has 88 valence electrons. The number of hydrogen-bond acceptors (Lipinski definition) is 2. The van der Waals surface area contributed by atoms with Gasteiger partial charge in [0.1, 0.15) is 5.75 Å². The first-order valence-corrected chi connectivity index (χ1v) is 5.95. The van der Waals surface area contributed by atoms with Crippen molar-refractivity contribution in [1.82, 2.24) is 0 Å². The number of ether oxygens (including phenoxy) is 1. The lowest BCUT2D eigenvalue weighted by molar-refractivity contribution is -0.144. The van der Waals surface area contributed by atoms with Gasteiger partial charge in [0.05, 0.1) is 0 Å². The molecule has 0 heterocycles. The van der Waals surface area contributed by atoms with Crippen LogP contribution in [0.1, 0.15) is 6.92 Å². The minimum Gasteiger partial charge on any atom is -0.479 e. The van der Waals surface area contributed by atoms with Gasteiger partial charge in [-0.15, -0.1) is 0 Å². The number of halogens is 1. The van der Waals surface area contributed by atoms with Crippen LogP contribution in [0.5, 0.6) is 5.75 Å². The Bertz CT molecular complexity index is 566. The molecule has 1 N–H and O–H groups in total. The Labute approximate surface area is 107 Å². The maximum Gasteiger partial charge on any atom is 0.344 e. The molecule has 0 spiro atoms. The van der Waals surface area contributed by atoms with E-state index in [1.54, 1.807) is 6.07 Å². The van der Waals surface area contributed by atoms with Crippen molar-refractivity contribution in [3.05, 3.63) is 40.9 Å². The second kappa shape index (κ2) is 4.75. The molecule has 0 saturated heterocycles. The van der Waals surface area contributed by atoms with Gasteiger partial charge in [0, 0.05) is 9.86 Å². The molecule has 0 aliphatic carbocycles. The van der Waals surface area contributed by atoms with Gasteiger partial charge in [-0.2, -0.15) is 0 Å². The standard InChI is InChI=1S/C13H11BrO3/c1-8(13(15)16)17-12-4-2-3-9-7-10(14)5-6-11(9)12/h2-8H,1H3,(H,15,16). The third-order valence-corrected chi connectivity index (χ3v) is 2.95.